The Hall–Kier alpha value is -3.20. The van der Waals surface area contributed by atoms with Crippen LogP contribution in [0.3, 0.4) is 0 Å². The SMILES string of the molecule is Cn1nc(NCc2ccc3c(c2)C(=O)N(C2CCC(=O)NC2=O)C3)c2c1CNC2. The minimum absolute atomic E-state index is 0.153. The van der Waals surface area contributed by atoms with Gasteiger partial charge in [0.15, 0.2) is 5.82 Å². The van der Waals surface area contributed by atoms with Gasteiger partial charge in [0.05, 0.1) is 5.69 Å². The maximum absolute atomic E-state index is 12.9. The monoisotopic (exact) mass is 394 g/mol. The maximum Gasteiger partial charge on any atom is 0.255 e. The summed E-state index contributed by atoms with van der Waals surface area (Å²) in [6.07, 6.45) is 0.632. The molecule has 4 heterocycles. The van der Waals surface area contributed by atoms with Crippen LogP contribution < -0.4 is 16.0 Å². The van der Waals surface area contributed by atoms with E-state index < -0.39 is 6.04 Å². The highest BCUT2D eigenvalue weighted by Crippen LogP contribution is 2.29. The zero-order valence-electron chi connectivity index (χ0n) is 16.1. The largest absolute Gasteiger partial charge is 0.364 e. The molecule has 1 unspecified atom stereocenters. The van der Waals surface area contributed by atoms with Crippen LogP contribution in [0.25, 0.3) is 0 Å². The number of nitrogens with zero attached hydrogens (tertiary/aromatic N) is 3. The lowest BCUT2D eigenvalue weighted by Gasteiger charge is -2.29. The smallest absolute Gasteiger partial charge is 0.255 e. The van der Waals surface area contributed by atoms with Crippen LogP contribution in [0, 0.1) is 0 Å². The first-order valence-corrected chi connectivity index (χ1v) is 9.77. The first-order valence-electron chi connectivity index (χ1n) is 9.77. The molecular weight excluding hydrogens is 372 g/mol. The van der Waals surface area contributed by atoms with Crippen molar-refractivity contribution >= 4 is 23.5 Å². The molecule has 1 fully saturated rings. The molecule has 1 atom stereocenters. The number of nitrogens with one attached hydrogen (secondary N) is 3. The fourth-order valence-corrected chi connectivity index (χ4v) is 4.36. The molecule has 1 saturated heterocycles. The van der Waals surface area contributed by atoms with Gasteiger partial charge in [-0.2, -0.15) is 5.10 Å². The molecule has 2 aromatic rings. The van der Waals surface area contributed by atoms with Gasteiger partial charge in [-0.1, -0.05) is 12.1 Å². The van der Waals surface area contributed by atoms with Crippen LogP contribution in [-0.4, -0.2) is 38.4 Å². The summed E-state index contributed by atoms with van der Waals surface area (Å²) in [4.78, 5) is 38.0. The van der Waals surface area contributed by atoms with Crippen molar-refractivity contribution in [1.82, 2.24) is 25.3 Å². The van der Waals surface area contributed by atoms with Crippen molar-refractivity contribution in [3.05, 3.63) is 46.1 Å². The van der Waals surface area contributed by atoms with Crippen LogP contribution in [0.4, 0.5) is 5.82 Å². The fraction of sp³-hybridized carbons (Fsp3) is 0.400. The van der Waals surface area contributed by atoms with Gasteiger partial charge in [-0.25, -0.2) is 0 Å². The predicted molar refractivity (Wildman–Crippen MR) is 104 cm³/mol. The Kier molecular flexibility index (Phi) is 4.13. The highest BCUT2D eigenvalue weighted by molar-refractivity contribution is 6.05. The Morgan fingerprint density at radius 2 is 2.10 bits per heavy atom. The molecule has 3 amide bonds. The van der Waals surface area contributed by atoms with Crippen LogP contribution >= 0.6 is 0 Å². The number of imide groups is 1. The highest BCUT2D eigenvalue weighted by atomic mass is 16.2. The van der Waals surface area contributed by atoms with Gasteiger partial charge < -0.3 is 15.5 Å². The number of carbonyl (C=O) groups excluding carboxylic acids is 3. The predicted octanol–water partition coefficient (Wildman–Crippen LogP) is 0.396. The molecule has 3 aliphatic heterocycles. The summed E-state index contributed by atoms with van der Waals surface area (Å²) in [7, 11) is 1.94. The number of hydrogen-bond donors (Lipinski definition) is 3. The van der Waals surface area contributed by atoms with Gasteiger partial charge in [0, 0.05) is 50.8 Å². The Balaban J connectivity index is 1.31. The molecule has 3 N–H and O–H groups in total. The highest BCUT2D eigenvalue weighted by Gasteiger charge is 2.39. The van der Waals surface area contributed by atoms with Crippen molar-refractivity contribution in [3.63, 3.8) is 0 Å². The summed E-state index contributed by atoms with van der Waals surface area (Å²) >= 11 is 0. The number of carbonyl (C=O) groups is 3. The normalized spacial score (nSPS) is 20.7. The van der Waals surface area contributed by atoms with Crippen molar-refractivity contribution < 1.29 is 14.4 Å². The van der Waals surface area contributed by atoms with Crippen LogP contribution in [0.15, 0.2) is 18.2 Å². The van der Waals surface area contributed by atoms with E-state index in [4.69, 9.17) is 0 Å². The quantitative estimate of drug-likeness (QED) is 0.648. The van der Waals surface area contributed by atoms with Crippen LogP contribution in [0.5, 0.6) is 0 Å². The lowest BCUT2D eigenvalue weighted by molar-refractivity contribution is -0.136. The number of amides is 3. The van der Waals surface area contributed by atoms with Crippen LogP contribution in [-0.2, 0) is 42.8 Å². The van der Waals surface area contributed by atoms with Gasteiger partial charge in [-0.15, -0.1) is 0 Å². The fourth-order valence-electron chi connectivity index (χ4n) is 4.36. The lowest BCUT2D eigenvalue weighted by atomic mass is 10.0. The molecule has 9 nitrogen and oxygen atoms in total. The van der Waals surface area contributed by atoms with Crippen LogP contribution in [0.1, 0.15) is 45.6 Å². The summed E-state index contributed by atoms with van der Waals surface area (Å²) in [5, 5.41) is 13.6. The summed E-state index contributed by atoms with van der Waals surface area (Å²) in [6.45, 7) is 2.58. The minimum Gasteiger partial charge on any atom is -0.364 e. The number of benzene rings is 1. The van der Waals surface area contributed by atoms with Gasteiger partial charge in [-0.05, 0) is 23.6 Å². The molecule has 150 valence electrons. The third kappa shape index (κ3) is 2.98. The number of fused-ring (bicyclic) bond motifs is 2. The summed E-state index contributed by atoms with van der Waals surface area (Å²) in [6, 6.07) is 5.24. The standard InChI is InChI=1S/C20H22N6O3/c1-25-16-9-21-8-14(16)18(24-25)22-7-11-2-3-12-10-26(20(29)13(12)6-11)15-4-5-17(27)23-19(15)28/h2-3,6,15,21H,4-5,7-10H2,1H3,(H,22,24)(H,23,27,28). The third-order valence-electron chi connectivity index (χ3n) is 5.92. The number of aryl methyl sites for hydroxylation is 1. The summed E-state index contributed by atoms with van der Waals surface area (Å²) < 4.78 is 1.89. The van der Waals surface area contributed by atoms with Crippen molar-refractivity contribution in [2.45, 2.75) is 45.1 Å². The second-order valence-electron chi connectivity index (χ2n) is 7.75. The van der Waals surface area contributed by atoms with E-state index in [0.29, 0.717) is 25.1 Å². The van der Waals surface area contributed by atoms with E-state index in [1.807, 2.05) is 29.9 Å². The Morgan fingerprint density at radius 3 is 2.93 bits per heavy atom. The van der Waals surface area contributed by atoms with Gasteiger partial charge in [0.1, 0.15) is 6.04 Å². The number of hydrogen-bond acceptors (Lipinski definition) is 6. The van der Waals surface area contributed by atoms with E-state index in [2.05, 4.69) is 21.0 Å². The van der Waals surface area contributed by atoms with Crippen molar-refractivity contribution in [2.24, 2.45) is 7.05 Å². The number of piperidine rings is 1. The molecule has 9 heteroatoms. The molecule has 3 aliphatic rings. The molecule has 1 aromatic heterocycles. The van der Waals surface area contributed by atoms with Gasteiger partial charge in [0.25, 0.3) is 5.91 Å². The third-order valence-corrected chi connectivity index (χ3v) is 5.92. The first-order chi connectivity index (χ1) is 14.0. The van der Waals surface area contributed by atoms with Gasteiger partial charge in [0.2, 0.25) is 11.8 Å². The molecule has 29 heavy (non-hydrogen) atoms. The molecule has 0 aliphatic carbocycles. The van der Waals surface area contributed by atoms with Crippen molar-refractivity contribution in [2.75, 3.05) is 5.32 Å². The number of anilines is 1. The second-order valence-corrected chi connectivity index (χ2v) is 7.75. The van der Waals surface area contributed by atoms with E-state index in [1.165, 1.54) is 11.3 Å². The van der Waals surface area contributed by atoms with E-state index in [0.717, 1.165) is 30.0 Å². The van der Waals surface area contributed by atoms with E-state index in [1.54, 1.807) is 4.90 Å². The molecule has 0 saturated carbocycles. The van der Waals surface area contributed by atoms with Gasteiger partial charge in [-0.3, -0.25) is 24.4 Å². The first kappa shape index (κ1) is 17.9. The summed E-state index contributed by atoms with van der Waals surface area (Å²) in [5.41, 5.74) is 4.89. The number of aromatic nitrogens is 2. The molecular formula is C20H22N6O3. The Morgan fingerprint density at radius 1 is 1.24 bits per heavy atom. The van der Waals surface area contributed by atoms with Crippen LogP contribution in [0.2, 0.25) is 0 Å². The van der Waals surface area contributed by atoms with E-state index in [9.17, 15) is 14.4 Å². The Bertz CT molecular complexity index is 1040. The second kappa shape index (κ2) is 6.70. The lowest BCUT2D eigenvalue weighted by Crippen LogP contribution is -2.52. The average molecular weight is 394 g/mol. The van der Waals surface area contributed by atoms with Crippen molar-refractivity contribution in [1.29, 1.82) is 0 Å². The summed E-state index contributed by atoms with van der Waals surface area (Å²) in [5.74, 6) is 0.0469. The maximum atomic E-state index is 12.9. The minimum atomic E-state index is -0.585. The van der Waals surface area contributed by atoms with Crippen molar-refractivity contribution in [3.8, 4) is 0 Å². The average Bonchev–Trinajstić information content (AvgIpc) is 3.37. The van der Waals surface area contributed by atoms with Gasteiger partial charge >= 0.3 is 0 Å². The molecule has 0 bridgehead atoms. The molecule has 0 spiro atoms. The molecule has 0 radical (unpaired) electrons. The van der Waals surface area contributed by atoms with E-state index in [-0.39, 0.29) is 24.1 Å². The Labute approximate surface area is 167 Å². The zero-order chi connectivity index (χ0) is 20.1. The topological polar surface area (TPSA) is 108 Å². The zero-order valence-corrected chi connectivity index (χ0v) is 16.1. The number of rotatable bonds is 4. The van der Waals surface area contributed by atoms with E-state index >= 15 is 0 Å². The molecule has 5 rings (SSSR count). The molecule has 1 aromatic carbocycles.